The van der Waals surface area contributed by atoms with Gasteiger partial charge in [-0.3, -0.25) is 4.79 Å². The Hall–Kier alpha value is -2.73. The summed E-state index contributed by atoms with van der Waals surface area (Å²) < 4.78 is 18.0. The number of aryl methyl sites for hydroxylation is 1. The first-order valence-corrected chi connectivity index (χ1v) is 8.66. The maximum Gasteiger partial charge on any atom is 0.224 e. The van der Waals surface area contributed by atoms with Crippen LogP contribution >= 0.6 is 11.3 Å². The Kier molecular flexibility index (Phi) is 5.40. The Bertz CT molecular complexity index is 845. The molecule has 0 aliphatic rings. The lowest BCUT2D eigenvalue weighted by molar-refractivity contribution is -0.116. The molecular weight excluding hydrogens is 339 g/mol. The number of rotatable bonds is 6. The molecule has 1 aromatic heterocycles. The van der Waals surface area contributed by atoms with Crippen molar-refractivity contribution in [2.75, 3.05) is 12.4 Å². The first-order chi connectivity index (χ1) is 12.1. The second-order valence-electron chi connectivity index (χ2n) is 5.41. The van der Waals surface area contributed by atoms with E-state index in [1.54, 1.807) is 19.2 Å². The summed E-state index contributed by atoms with van der Waals surface area (Å²) in [7, 11) is 1.63. The lowest BCUT2D eigenvalue weighted by Gasteiger charge is -2.04. The van der Waals surface area contributed by atoms with E-state index in [1.165, 1.54) is 23.5 Å². The zero-order valence-electron chi connectivity index (χ0n) is 13.7. The monoisotopic (exact) mass is 356 g/mol. The number of benzene rings is 2. The maximum atomic E-state index is 12.9. The summed E-state index contributed by atoms with van der Waals surface area (Å²) in [4.78, 5) is 16.6. The minimum absolute atomic E-state index is 0.118. The van der Waals surface area contributed by atoms with Crippen molar-refractivity contribution in [3.63, 3.8) is 0 Å². The van der Waals surface area contributed by atoms with Crippen molar-refractivity contribution in [1.82, 2.24) is 4.98 Å². The number of nitrogens with one attached hydrogen (secondary N) is 1. The molecule has 3 aromatic rings. The third-order valence-corrected chi connectivity index (χ3v) is 4.54. The van der Waals surface area contributed by atoms with Gasteiger partial charge in [0.15, 0.2) is 0 Å². The summed E-state index contributed by atoms with van der Waals surface area (Å²) in [5, 5.41) is 5.63. The number of aromatic nitrogens is 1. The first kappa shape index (κ1) is 17.1. The third kappa shape index (κ3) is 4.64. The molecule has 0 unspecified atom stereocenters. The molecule has 128 valence electrons. The van der Waals surface area contributed by atoms with Crippen molar-refractivity contribution in [3.05, 3.63) is 64.7 Å². The summed E-state index contributed by atoms with van der Waals surface area (Å²) in [6.45, 7) is 0. The number of hydrogen-bond donors (Lipinski definition) is 1. The molecule has 1 amide bonds. The molecule has 6 heteroatoms. The number of nitrogens with zero attached hydrogens (tertiary/aromatic N) is 1. The minimum Gasteiger partial charge on any atom is -0.497 e. The molecular formula is C19H17FN2O2S. The normalized spacial score (nSPS) is 10.5. The number of thiazole rings is 1. The van der Waals surface area contributed by atoms with Gasteiger partial charge < -0.3 is 10.1 Å². The van der Waals surface area contributed by atoms with E-state index in [0.29, 0.717) is 18.5 Å². The van der Waals surface area contributed by atoms with Crippen LogP contribution in [0.15, 0.2) is 53.9 Å². The lowest BCUT2D eigenvalue weighted by Crippen LogP contribution is -2.12. The summed E-state index contributed by atoms with van der Waals surface area (Å²) in [6, 6.07) is 13.4. The van der Waals surface area contributed by atoms with Gasteiger partial charge in [-0.25, -0.2) is 9.37 Å². The van der Waals surface area contributed by atoms with Gasteiger partial charge in [-0.05, 0) is 48.5 Å². The highest BCUT2D eigenvalue weighted by Crippen LogP contribution is 2.24. The first-order valence-electron chi connectivity index (χ1n) is 7.78. The number of amides is 1. The summed E-state index contributed by atoms with van der Waals surface area (Å²) in [5.74, 6) is 0.358. The molecule has 0 saturated heterocycles. The van der Waals surface area contributed by atoms with Gasteiger partial charge in [0.25, 0.3) is 0 Å². The number of methoxy groups -OCH3 is 1. The summed E-state index contributed by atoms with van der Waals surface area (Å²) in [5.41, 5.74) is 2.49. The fraction of sp³-hybridized carbons (Fsp3) is 0.158. The molecule has 4 nitrogen and oxygen atoms in total. The molecule has 0 saturated carbocycles. The zero-order chi connectivity index (χ0) is 17.6. The van der Waals surface area contributed by atoms with Crippen LogP contribution in [0.4, 0.5) is 10.1 Å². The quantitative estimate of drug-likeness (QED) is 0.706. The highest BCUT2D eigenvalue weighted by molar-refractivity contribution is 7.09. The topological polar surface area (TPSA) is 51.2 Å². The van der Waals surface area contributed by atoms with E-state index in [1.807, 2.05) is 29.6 Å². The Morgan fingerprint density at radius 2 is 1.88 bits per heavy atom. The van der Waals surface area contributed by atoms with E-state index in [2.05, 4.69) is 10.3 Å². The summed E-state index contributed by atoms with van der Waals surface area (Å²) >= 11 is 1.53. The van der Waals surface area contributed by atoms with Crippen LogP contribution in [0.2, 0.25) is 0 Å². The van der Waals surface area contributed by atoms with Gasteiger partial charge in [0, 0.05) is 29.5 Å². The van der Waals surface area contributed by atoms with Gasteiger partial charge in [0.1, 0.15) is 11.6 Å². The van der Waals surface area contributed by atoms with E-state index >= 15 is 0 Å². The zero-order valence-corrected chi connectivity index (χ0v) is 14.5. The van der Waals surface area contributed by atoms with Crippen LogP contribution in [0.25, 0.3) is 11.3 Å². The average molecular weight is 356 g/mol. The van der Waals surface area contributed by atoms with Gasteiger partial charge in [0.05, 0.1) is 17.8 Å². The Labute approximate surface area is 149 Å². The Morgan fingerprint density at radius 3 is 2.56 bits per heavy atom. The van der Waals surface area contributed by atoms with Crippen LogP contribution in [0.3, 0.4) is 0 Å². The van der Waals surface area contributed by atoms with Crippen LogP contribution < -0.4 is 10.1 Å². The van der Waals surface area contributed by atoms with E-state index in [0.717, 1.165) is 22.0 Å². The Morgan fingerprint density at radius 1 is 1.16 bits per heavy atom. The fourth-order valence-corrected chi connectivity index (χ4v) is 3.10. The molecule has 0 aliphatic heterocycles. The predicted octanol–water partition coefficient (Wildman–Crippen LogP) is 4.53. The molecule has 0 spiro atoms. The highest BCUT2D eigenvalue weighted by atomic mass is 32.1. The van der Waals surface area contributed by atoms with Crippen LogP contribution in [0.1, 0.15) is 11.4 Å². The van der Waals surface area contributed by atoms with Crippen LogP contribution in [-0.2, 0) is 11.2 Å². The molecule has 1 heterocycles. The van der Waals surface area contributed by atoms with Crippen molar-refractivity contribution < 1.29 is 13.9 Å². The Balaban J connectivity index is 1.55. The largest absolute Gasteiger partial charge is 0.497 e. The van der Waals surface area contributed by atoms with E-state index in [-0.39, 0.29) is 11.7 Å². The van der Waals surface area contributed by atoms with Crippen molar-refractivity contribution in [3.8, 4) is 17.0 Å². The number of ether oxygens (including phenoxy) is 1. The van der Waals surface area contributed by atoms with Crippen molar-refractivity contribution in [2.24, 2.45) is 0 Å². The molecule has 0 atom stereocenters. The van der Waals surface area contributed by atoms with E-state index in [4.69, 9.17) is 4.74 Å². The predicted molar refractivity (Wildman–Crippen MR) is 97.5 cm³/mol. The van der Waals surface area contributed by atoms with Crippen molar-refractivity contribution >= 4 is 22.9 Å². The number of anilines is 1. The third-order valence-electron chi connectivity index (χ3n) is 3.63. The molecule has 0 fully saturated rings. The fourth-order valence-electron chi connectivity index (χ4n) is 2.30. The van der Waals surface area contributed by atoms with Gasteiger partial charge in [-0.2, -0.15) is 0 Å². The summed E-state index contributed by atoms with van der Waals surface area (Å²) in [6.07, 6.45) is 0.890. The minimum atomic E-state index is -0.327. The smallest absolute Gasteiger partial charge is 0.224 e. The van der Waals surface area contributed by atoms with Crippen molar-refractivity contribution in [2.45, 2.75) is 12.8 Å². The molecule has 3 rings (SSSR count). The number of carbonyl (C=O) groups is 1. The molecule has 1 N–H and O–H groups in total. The number of carbonyl (C=O) groups excluding carboxylic acids is 1. The van der Waals surface area contributed by atoms with Gasteiger partial charge in [-0.1, -0.05) is 0 Å². The maximum absolute atomic E-state index is 12.9. The van der Waals surface area contributed by atoms with Crippen LogP contribution in [-0.4, -0.2) is 18.0 Å². The molecule has 2 aromatic carbocycles. The lowest BCUT2D eigenvalue weighted by atomic mass is 10.2. The standard InChI is InChI=1S/C19H17FN2O2S/c1-24-16-8-2-13(3-9-16)17-12-25-19(22-17)11-10-18(23)21-15-6-4-14(20)5-7-15/h2-9,12H,10-11H2,1H3,(H,21,23). The van der Waals surface area contributed by atoms with Crippen LogP contribution in [0.5, 0.6) is 5.75 Å². The molecule has 0 radical (unpaired) electrons. The second kappa shape index (κ2) is 7.90. The number of hydrogen-bond acceptors (Lipinski definition) is 4. The van der Waals surface area contributed by atoms with Crippen LogP contribution in [0, 0.1) is 5.82 Å². The highest BCUT2D eigenvalue weighted by Gasteiger charge is 2.08. The SMILES string of the molecule is COc1ccc(-c2csc(CCC(=O)Nc3ccc(F)cc3)n2)cc1. The van der Waals surface area contributed by atoms with Gasteiger partial charge in [-0.15, -0.1) is 11.3 Å². The molecule has 0 bridgehead atoms. The van der Waals surface area contributed by atoms with Gasteiger partial charge in [0.2, 0.25) is 5.91 Å². The second-order valence-corrected chi connectivity index (χ2v) is 6.35. The van der Waals surface area contributed by atoms with Crippen molar-refractivity contribution in [1.29, 1.82) is 0 Å². The van der Waals surface area contributed by atoms with E-state index < -0.39 is 0 Å². The molecule has 25 heavy (non-hydrogen) atoms. The number of halogens is 1. The van der Waals surface area contributed by atoms with E-state index in [9.17, 15) is 9.18 Å². The average Bonchev–Trinajstić information content (AvgIpc) is 3.11. The van der Waals surface area contributed by atoms with Gasteiger partial charge >= 0.3 is 0 Å². The molecule has 0 aliphatic carbocycles.